The van der Waals surface area contributed by atoms with Gasteiger partial charge in [-0.2, -0.15) is 13.2 Å². The molecule has 1 aromatic heterocycles. The number of rotatable bonds is 2. The van der Waals surface area contributed by atoms with E-state index in [1.807, 2.05) is 35.6 Å². The molecule has 1 aliphatic rings. The number of halogens is 3. The predicted molar refractivity (Wildman–Crippen MR) is 81.3 cm³/mol. The van der Waals surface area contributed by atoms with E-state index < -0.39 is 24.3 Å². The molecule has 2 aromatic rings. The summed E-state index contributed by atoms with van der Waals surface area (Å²) in [6.45, 7) is 1.24. The van der Waals surface area contributed by atoms with Crippen molar-refractivity contribution in [3.8, 4) is 0 Å². The van der Waals surface area contributed by atoms with Gasteiger partial charge in [-0.05, 0) is 12.5 Å². The van der Waals surface area contributed by atoms with E-state index in [0.29, 0.717) is 18.7 Å². The van der Waals surface area contributed by atoms with Crippen LogP contribution < -0.4 is 5.32 Å². The molecule has 0 bridgehead atoms. The average molecular weight is 338 g/mol. The first-order valence-corrected chi connectivity index (χ1v) is 7.59. The Labute approximate surface area is 136 Å². The Bertz CT molecular complexity index is 714. The minimum Gasteiger partial charge on any atom is -0.348 e. The van der Waals surface area contributed by atoms with Crippen LogP contribution in [0.3, 0.4) is 0 Å². The third kappa shape index (κ3) is 3.08. The number of imidazole rings is 1. The van der Waals surface area contributed by atoms with Crippen LogP contribution in [0.2, 0.25) is 0 Å². The quantitative estimate of drug-likeness (QED) is 0.884. The molecule has 8 heteroatoms. The zero-order valence-corrected chi connectivity index (χ0v) is 13.0. The number of alkyl halides is 3. The number of carbonyl (C=O) groups is 1. The number of nitrogens with one attached hydrogen (secondary N) is 2. The molecule has 2 N–H and O–H groups in total. The smallest absolute Gasteiger partial charge is 0.348 e. The summed E-state index contributed by atoms with van der Waals surface area (Å²) in [7, 11) is 0. The maximum atomic E-state index is 12.7. The highest BCUT2D eigenvalue weighted by Crippen LogP contribution is 2.33. The highest BCUT2D eigenvalue weighted by Gasteiger charge is 2.40. The van der Waals surface area contributed by atoms with Gasteiger partial charge in [0, 0.05) is 18.7 Å². The normalized spacial score (nSPS) is 18.8. The molecule has 5 nitrogen and oxygen atoms in total. The van der Waals surface area contributed by atoms with Gasteiger partial charge < -0.3 is 15.2 Å². The van der Waals surface area contributed by atoms with Gasteiger partial charge in [0.2, 0.25) is 0 Å². The van der Waals surface area contributed by atoms with Crippen LogP contribution in [0.25, 0.3) is 0 Å². The highest BCUT2D eigenvalue weighted by atomic mass is 19.4. The van der Waals surface area contributed by atoms with Crippen LogP contribution in [-0.4, -0.2) is 39.7 Å². The van der Waals surface area contributed by atoms with E-state index in [1.54, 1.807) is 6.33 Å². The molecule has 24 heavy (non-hydrogen) atoms. The fourth-order valence-corrected chi connectivity index (χ4v) is 2.82. The molecule has 2 amide bonds. The molecular formula is C16H17F3N4O. The van der Waals surface area contributed by atoms with Crippen LogP contribution in [0.1, 0.15) is 29.9 Å². The first kappa shape index (κ1) is 16.4. The number of aromatic nitrogens is 2. The first-order chi connectivity index (χ1) is 11.4. The van der Waals surface area contributed by atoms with E-state index in [9.17, 15) is 18.0 Å². The van der Waals surface area contributed by atoms with Gasteiger partial charge in [-0.25, -0.2) is 9.78 Å². The summed E-state index contributed by atoms with van der Waals surface area (Å²) in [5.41, 5.74) is 2.37. The number of fused-ring (bicyclic) bond motifs is 1. The molecule has 3 rings (SSSR count). The molecule has 2 atom stereocenters. The van der Waals surface area contributed by atoms with Crippen molar-refractivity contribution >= 4 is 6.03 Å². The molecule has 0 spiro atoms. The number of nitrogens with zero attached hydrogens (tertiary/aromatic N) is 2. The lowest BCUT2D eigenvalue weighted by molar-refractivity contribution is -0.149. The van der Waals surface area contributed by atoms with E-state index in [1.165, 1.54) is 4.90 Å². The van der Waals surface area contributed by atoms with E-state index in [4.69, 9.17) is 0 Å². The van der Waals surface area contributed by atoms with Crippen LogP contribution in [0.5, 0.6) is 0 Å². The van der Waals surface area contributed by atoms with E-state index in [2.05, 4.69) is 9.97 Å². The zero-order chi connectivity index (χ0) is 17.3. The standard InChI is InChI=1S/C16H17F3N4O/c1-10(16(17,18)19)22-15(24)23-8-7-12-13(21-9-20-12)14(23)11-5-3-2-4-6-11/h2-6,9-10,14H,7-8H2,1H3,(H,20,21)(H,22,24)/t10-,14?/m0/s1. The third-order valence-electron chi connectivity index (χ3n) is 4.13. The van der Waals surface area contributed by atoms with Crippen molar-refractivity contribution in [1.82, 2.24) is 20.2 Å². The van der Waals surface area contributed by atoms with Gasteiger partial charge in [0.1, 0.15) is 12.1 Å². The number of hydrogen-bond donors (Lipinski definition) is 2. The molecule has 1 aliphatic heterocycles. The second kappa shape index (κ2) is 6.18. The second-order valence-electron chi connectivity index (χ2n) is 5.74. The largest absolute Gasteiger partial charge is 0.408 e. The SMILES string of the molecule is C[C@H](NC(=O)N1CCc2[nH]cnc2C1c1ccccc1)C(F)(F)F. The molecule has 0 radical (unpaired) electrons. The summed E-state index contributed by atoms with van der Waals surface area (Å²) < 4.78 is 38.2. The molecule has 0 saturated heterocycles. The lowest BCUT2D eigenvalue weighted by Crippen LogP contribution is -2.52. The molecular weight excluding hydrogens is 321 g/mol. The Morgan fingerprint density at radius 1 is 1.38 bits per heavy atom. The topological polar surface area (TPSA) is 61.0 Å². The van der Waals surface area contributed by atoms with Crippen LogP contribution in [-0.2, 0) is 6.42 Å². The average Bonchev–Trinajstić information content (AvgIpc) is 3.02. The van der Waals surface area contributed by atoms with Gasteiger partial charge in [-0.15, -0.1) is 0 Å². The lowest BCUT2D eigenvalue weighted by Gasteiger charge is -2.36. The fourth-order valence-electron chi connectivity index (χ4n) is 2.82. The fraction of sp³-hybridized carbons (Fsp3) is 0.375. The molecule has 0 aliphatic carbocycles. The molecule has 1 unspecified atom stereocenters. The summed E-state index contributed by atoms with van der Waals surface area (Å²) in [4.78, 5) is 21.2. The minimum atomic E-state index is -4.48. The Morgan fingerprint density at radius 2 is 2.08 bits per heavy atom. The molecule has 1 aromatic carbocycles. The van der Waals surface area contributed by atoms with Crippen LogP contribution in [0, 0.1) is 0 Å². The van der Waals surface area contributed by atoms with Crippen molar-refractivity contribution in [2.75, 3.05) is 6.54 Å². The van der Waals surface area contributed by atoms with Crippen LogP contribution in [0.4, 0.5) is 18.0 Å². The van der Waals surface area contributed by atoms with E-state index in [0.717, 1.165) is 18.2 Å². The van der Waals surface area contributed by atoms with Gasteiger partial charge in [0.25, 0.3) is 0 Å². The first-order valence-electron chi connectivity index (χ1n) is 7.59. The Kier molecular flexibility index (Phi) is 4.21. The van der Waals surface area contributed by atoms with Gasteiger partial charge in [-0.3, -0.25) is 0 Å². The number of benzene rings is 1. The van der Waals surface area contributed by atoms with Gasteiger partial charge in [0.15, 0.2) is 0 Å². The molecule has 0 fully saturated rings. The van der Waals surface area contributed by atoms with E-state index in [-0.39, 0.29) is 0 Å². The summed E-state index contributed by atoms with van der Waals surface area (Å²) in [6, 6.07) is 5.98. The molecule has 0 saturated carbocycles. The number of carbonyl (C=O) groups excluding carboxylic acids is 1. The monoisotopic (exact) mass is 338 g/mol. The minimum absolute atomic E-state index is 0.311. The predicted octanol–water partition coefficient (Wildman–Crippen LogP) is 3.02. The number of H-pyrrole nitrogens is 1. The third-order valence-corrected chi connectivity index (χ3v) is 4.13. The van der Waals surface area contributed by atoms with Crippen LogP contribution in [0.15, 0.2) is 36.7 Å². The van der Waals surface area contributed by atoms with Crippen molar-refractivity contribution < 1.29 is 18.0 Å². The number of aromatic amines is 1. The highest BCUT2D eigenvalue weighted by molar-refractivity contribution is 5.76. The number of amides is 2. The van der Waals surface area contributed by atoms with Crippen molar-refractivity contribution in [2.45, 2.75) is 31.6 Å². The van der Waals surface area contributed by atoms with Gasteiger partial charge >= 0.3 is 12.2 Å². The molecule has 2 heterocycles. The van der Waals surface area contributed by atoms with Gasteiger partial charge in [0.05, 0.1) is 12.0 Å². The second-order valence-corrected chi connectivity index (χ2v) is 5.74. The Hall–Kier alpha value is -2.51. The summed E-state index contributed by atoms with van der Waals surface area (Å²) in [5, 5.41) is 2.04. The summed E-state index contributed by atoms with van der Waals surface area (Å²) in [5.74, 6) is 0. The van der Waals surface area contributed by atoms with Gasteiger partial charge in [-0.1, -0.05) is 30.3 Å². The Balaban J connectivity index is 1.90. The number of urea groups is 1. The number of hydrogen-bond acceptors (Lipinski definition) is 2. The maximum Gasteiger partial charge on any atom is 0.408 e. The van der Waals surface area contributed by atoms with Crippen LogP contribution >= 0.6 is 0 Å². The Morgan fingerprint density at radius 3 is 2.75 bits per heavy atom. The van der Waals surface area contributed by atoms with E-state index >= 15 is 0 Å². The van der Waals surface area contributed by atoms with Crippen molar-refractivity contribution in [3.05, 3.63) is 53.6 Å². The summed E-state index contributed by atoms with van der Waals surface area (Å²) >= 11 is 0. The maximum absolute atomic E-state index is 12.7. The summed E-state index contributed by atoms with van der Waals surface area (Å²) in [6.07, 6.45) is -2.42. The van der Waals surface area contributed by atoms with Crippen molar-refractivity contribution in [3.63, 3.8) is 0 Å². The zero-order valence-electron chi connectivity index (χ0n) is 13.0. The molecule has 128 valence electrons. The lowest BCUT2D eigenvalue weighted by atomic mass is 9.96. The van der Waals surface area contributed by atoms with Crippen molar-refractivity contribution in [2.24, 2.45) is 0 Å². The van der Waals surface area contributed by atoms with Crippen molar-refractivity contribution in [1.29, 1.82) is 0 Å².